The number of allylic oxidation sites excluding steroid dienone is 3. The zero-order valence-corrected chi connectivity index (χ0v) is 32.4. The van der Waals surface area contributed by atoms with Crippen LogP contribution in [0.25, 0.3) is 29.9 Å². The molecule has 1 saturated heterocycles. The van der Waals surface area contributed by atoms with E-state index in [-0.39, 0.29) is 30.8 Å². The van der Waals surface area contributed by atoms with E-state index in [0.29, 0.717) is 40.4 Å². The number of ketones is 1. The Morgan fingerprint density at radius 2 is 1.70 bits per heavy atom. The molecule has 0 unspecified atom stereocenters. The van der Waals surface area contributed by atoms with E-state index in [1.165, 1.54) is 5.57 Å². The van der Waals surface area contributed by atoms with Gasteiger partial charge < -0.3 is 30.1 Å². The van der Waals surface area contributed by atoms with Crippen LogP contribution in [-0.4, -0.2) is 44.4 Å². The molecule has 53 heavy (non-hydrogen) atoms. The summed E-state index contributed by atoms with van der Waals surface area (Å²) in [6.07, 6.45) is 14.7. The van der Waals surface area contributed by atoms with Crippen LogP contribution in [0, 0.1) is 44.4 Å². The number of aromatic amines is 3. The van der Waals surface area contributed by atoms with Crippen molar-refractivity contribution < 1.29 is 24.2 Å². The molecule has 0 aromatic carbocycles. The molecule has 0 saturated carbocycles. The van der Waals surface area contributed by atoms with Gasteiger partial charge in [0.2, 0.25) is 0 Å². The maximum absolute atomic E-state index is 14.1. The largest absolute Gasteiger partial charge is 0.480 e. The second-order valence-electron chi connectivity index (χ2n) is 15.4. The maximum atomic E-state index is 14.1. The second-order valence-corrected chi connectivity index (χ2v) is 15.4. The van der Waals surface area contributed by atoms with E-state index < -0.39 is 17.7 Å². The van der Waals surface area contributed by atoms with Gasteiger partial charge in [-0.15, -0.1) is 0 Å². The quantitative estimate of drug-likeness (QED) is 0.0753. The van der Waals surface area contributed by atoms with Crippen molar-refractivity contribution in [3.05, 3.63) is 96.5 Å². The molecule has 280 valence electrons. The predicted molar refractivity (Wildman–Crippen MR) is 211 cm³/mol. The Balaban J connectivity index is 1.46. The van der Waals surface area contributed by atoms with E-state index in [1.807, 2.05) is 25.2 Å². The van der Waals surface area contributed by atoms with Gasteiger partial charge in [-0.2, -0.15) is 0 Å². The van der Waals surface area contributed by atoms with Gasteiger partial charge in [-0.25, -0.2) is 0 Å². The maximum Gasteiger partial charge on any atom is 0.319 e. The Bertz CT molecular complexity index is 2220. The molecule has 3 aromatic heterocycles. The predicted octanol–water partition coefficient (Wildman–Crippen LogP) is 7.37. The van der Waals surface area contributed by atoms with Crippen LogP contribution in [-0.2, 0) is 20.7 Å². The monoisotopic (exact) mass is 718 g/mol. The molecular weight excluding hydrogens is 665 g/mol. The fourth-order valence-electron chi connectivity index (χ4n) is 8.40. The summed E-state index contributed by atoms with van der Waals surface area (Å²) >= 11 is 0. The molecular formula is C44H54N4O5. The fraction of sp³-hybridized carbons (Fsp3) is 0.432. The number of aromatic nitrogens is 3. The van der Waals surface area contributed by atoms with Crippen molar-refractivity contribution in [1.29, 1.82) is 0 Å². The Morgan fingerprint density at radius 3 is 2.38 bits per heavy atom. The third-order valence-electron chi connectivity index (χ3n) is 11.6. The van der Waals surface area contributed by atoms with Crippen molar-refractivity contribution in [2.24, 2.45) is 23.7 Å². The van der Waals surface area contributed by atoms with E-state index in [4.69, 9.17) is 4.74 Å². The standard InChI is InChI=1S/C44H54N4O5/c1-10-28-24(6)31-19-33-26(8)30(15-16-37(49)53-18-17-23(5)14-12-13-22(3)4)41(47-33)39-40(44(51)52)43(50)38-27(9)34(48-42(38)39)21-36-29(11-2)25(7)32(46-36)20-35(28)45-31/h10,17,19-22,26,30,40,45-48H,1,11-16,18H2,2-9H3,(H,51,52)/b23-17+,32-20-,33-19-,36-21-,41-39-/t26-,30-,40+/m0/s1. The summed E-state index contributed by atoms with van der Waals surface area (Å²) in [5.74, 6) is -3.05. The molecule has 0 amide bonds. The summed E-state index contributed by atoms with van der Waals surface area (Å²) in [5.41, 5.74) is 11.7. The van der Waals surface area contributed by atoms with Crippen LogP contribution >= 0.6 is 0 Å². The van der Waals surface area contributed by atoms with Crippen LogP contribution in [0.2, 0.25) is 0 Å². The molecule has 2 aliphatic heterocycles. The Kier molecular flexibility index (Phi) is 10.8. The molecule has 8 bridgehead atoms. The average molecular weight is 719 g/mol. The fourth-order valence-corrected chi connectivity index (χ4v) is 8.40. The molecule has 9 heteroatoms. The molecule has 5 heterocycles. The topological polar surface area (TPSA) is 140 Å². The molecule has 9 nitrogen and oxygen atoms in total. The molecule has 3 atom stereocenters. The van der Waals surface area contributed by atoms with Gasteiger partial charge in [0.15, 0.2) is 5.78 Å². The molecule has 3 aliphatic rings. The number of carbonyl (C=O) groups excluding carboxylic acids is 2. The SMILES string of the molecule is C=Cc1c2[nH]c(c1C)/C=C1\N/C(=C3\c4[nH]c(c(C)c4C(=O)[C@@H]3C(=O)O)/C=c3\[nH]/c(c(C)c3CC)=C\2)[C@@H](CCC(=O)OC/C=C(\C)CCCC(C)C)[C@@H]1C. The van der Waals surface area contributed by atoms with Crippen LogP contribution in [0.5, 0.6) is 0 Å². The lowest BCUT2D eigenvalue weighted by Crippen LogP contribution is -2.24. The first-order valence-corrected chi connectivity index (χ1v) is 19.0. The Morgan fingerprint density at radius 1 is 0.981 bits per heavy atom. The van der Waals surface area contributed by atoms with Crippen LogP contribution in [0.4, 0.5) is 0 Å². The molecule has 3 aromatic rings. The van der Waals surface area contributed by atoms with Gasteiger partial charge in [0.25, 0.3) is 0 Å². The summed E-state index contributed by atoms with van der Waals surface area (Å²) in [5, 5.41) is 16.1. The highest BCUT2D eigenvalue weighted by Crippen LogP contribution is 2.48. The summed E-state index contributed by atoms with van der Waals surface area (Å²) in [4.78, 5) is 50.9. The van der Waals surface area contributed by atoms with Crippen molar-refractivity contribution in [2.45, 2.75) is 93.9 Å². The number of esters is 1. The number of nitrogens with one attached hydrogen (secondary N) is 4. The molecule has 6 rings (SSSR count). The summed E-state index contributed by atoms with van der Waals surface area (Å²) in [6, 6.07) is 0. The average Bonchev–Trinajstić information content (AvgIpc) is 3.84. The normalized spacial score (nSPS) is 22.9. The van der Waals surface area contributed by atoms with Gasteiger partial charge in [0, 0.05) is 74.1 Å². The Hall–Kier alpha value is -5.05. The third kappa shape index (κ3) is 7.06. The summed E-state index contributed by atoms with van der Waals surface area (Å²) in [6.45, 7) is 21.1. The smallest absolute Gasteiger partial charge is 0.319 e. The minimum Gasteiger partial charge on any atom is -0.480 e. The second kappa shape index (κ2) is 15.1. The van der Waals surface area contributed by atoms with Crippen molar-refractivity contribution in [3.8, 4) is 0 Å². The number of Topliss-reactive ketones (excluding diaryl/α,β-unsaturated/α-hetero) is 1. The highest BCUT2D eigenvalue weighted by molar-refractivity contribution is 6.24. The molecule has 0 radical (unpaired) electrons. The van der Waals surface area contributed by atoms with Crippen LogP contribution in [0.1, 0.15) is 128 Å². The highest BCUT2D eigenvalue weighted by Gasteiger charge is 2.48. The minimum atomic E-state index is -1.37. The lowest BCUT2D eigenvalue weighted by atomic mass is 9.85. The summed E-state index contributed by atoms with van der Waals surface area (Å²) in [7, 11) is 0. The van der Waals surface area contributed by atoms with Crippen LogP contribution in [0.15, 0.2) is 29.6 Å². The van der Waals surface area contributed by atoms with Crippen molar-refractivity contribution >= 4 is 47.6 Å². The number of aliphatic carboxylic acids is 1. The highest BCUT2D eigenvalue weighted by atomic mass is 16.5. The van der Waals surface area contributed by atoms with E-state index in [0.717, 1.165) is 81.4 Å². The first-order valence-electron chi connectivity index (χ1n) is 19.0. The molecule has 1 fully saturated rings. The molecule has 0 spiro atoms. The minimum absolute atomic E-state index is 0.123. The number of hydrogen-bond donors (Lipinski definition) is 5. The number of carboxylic acids is 1. The number of carboxylic acid groups (broad SMARTS) is 1. The van der Waals surface area contributed by atoms with Gasteiger partial charge >= 0.3 is 11.9 Å². The number of hydrogen-bond acceptors (Lipinski definition) is 5. The zero-order valence-electron chi connectivity index (χ0n) is 32.4. The number of H-pyrrole nitrogens is 3. The van der Waals surface area contributed by atoms with Crippen LogP contribution in [0.3, 0.4) is 0 Å². The van der Waals surface area contributed by atoms with Gasteiger partial charge in [0.1, 0.15) is 12.5 Å². The first kappa shape index (κ1) is 37.7. The van der Waals surface area contributed by atoms with E-state index in [1.54, 1.807) is 0 Å². The van der Waals surface area contributed by atoms with Crippen molar-refractivity contribution in [1.82, 2.24) is 20.3 Å². The van der Waals surface area contributed by atoms with E-state index in [9.17, 15) is 19.5 Å². The first-order chi connectivity index (χ1) is 25.2. The zero-order chi connectivity index (χ0) is 38.3. The van der Waals surface area contributed by atoms with E-state index in [2.05, 4.69) is 87.5 Å². The van der Waals surface area contributed by atoms with Crippen molar-refractivity contribution in [2.75, 3.05) is 6.61 Å². The number of carbonyl (C=O) groups is 3. The van der Waals surface area contributed by atoms with Crippen LogP contribution < -0.4 is 16.0 Å². The lowest BCUT2D eigenvalue weighted by Gasteiger charge is -2.19. The number of ether oxygens (including phenoxy) is 1. The lowest BCUT2D eigenvalue weighted by molar-refractivity contribution is -0.143. The molecule has 5 N–H and O–H groups in total. The summed E-state index contributed by atoms with van der Waals surface area (Å²) < 4.78 is 5.65. The third-order valence-corrected chi connectivity index (χ3v) is 11.6. The Labute approximate surface area is 312 Å². The van der Waals surface area contributed by atoms with Crippen molar-refractivity contribution in [3.63, 3.8) is 0 Å². The number of fused-ring (bicyclic) bond motifs is 7. The van der Waals surface area contributed by atoms with Gasteiger partial charge in [0.05, 0.1) is 5.69 Å². The molecule has 1 aliphatic carbocycles. The van der Waals surface area contributed by atoms with Gasteiger partial charge in [-0.1, -0.05) is 52.3 Å². The van der Waals surface area contributed by atoms with Gasteiger partial charge in [-0.3, -0.25) is 14.4 Å². The van der Waals surface area contributed by atoms with Gasteiger partial charge in [-0.05, 0) is 106 Å². The number of rotatable bonds is 12. The van der Waals surface area contributed by atoms with E-state index >= 15 is 0 Å².